The van der Waals surface area contributed by atoms with Gasteiger partial charge in [0.2, 0.25) is 0 Å². The first-order valence-corrected chi connectivity index (χ1v) is 9.29. The Bertz CT molecular complexity index is 1120. The van der Waals surface area contributed by atoms with Crippen LogP contribution in [0.15, 0.2) is 60.8 Å². The quantitative estimate of drug-likeness (QED) is 0.548. The lowest BCUT2D eigenvalue weighted by Crippen LogP contribution is -2.22. The molecule has 0 aliphatic carbocycles. The van der Waals surface area contributed by atoms with Crippen LogP contribution in [0.5, 0.6) is 0 Å². The standard InChI is InChI=1S/C22H18F2N4/c23-14-10-12-28(13-14)22-20(21-26-18-7-3-4-8-19(18)27-21)16(9-11-25-22)15-5-1-2-6-17(15)24/h1-9,11,14H,10,12-13H2,(H,26,27)/t14-/m0/s1. The van der Waals surface area contributed by atoms with E-state index in [1.165, 1.54) is 6.07 Å². The summed E-state index contributed by atoms with van der Waals surface area (Å²) in [5.41, 5.74) is 3.55. The molecule has 28 heavy (non-hydrogen) atoms. The van der Waals surface area contributed by atoms with Crippen LogP contribution in [0.4, 0.5) is 14.6 Å². The number of nitrogens with zero attached hydrogens (tertiary/aromatic N) is 3. The highest BCUT2D eigenvalue weighted by atomic mass is 19.1. The smallest absolute Gasteiger partial charge is 0.142 e. The molecule has 0 spiro atoms. The van der Waals surface area contributed by atoms with E-state index in [4.69, 9.17) is 4.98 Å². The number of pyridine rings is 1. The summed E-state index contributed by atoms with van der Waals surface area (Å²) in [6, 6.07) is 16.1. The molecule has 0 amide bonds. The van der Waals surface area contributed by atoms with Gasteiger partial charge in [-0.3, -0.25) is 0 Å². The van der Waals surface area contributed by atoms with E-state index in [1.807, 2.05) is 29.2 Å². The highest BCUT2D eigenvalue weighted by molar-refractivity contribution is 5.91. The fourth-order valence-electron chi connectivity index (χ4n) is 3.81. The summed E-state index contributed by atoms with van der Waals surface area (Å²) in [6.07, 6.45) is 1.22. The predicted octanol–water partition coefficient (Wildman–Crippen LogP) is 4.98. The van der Waals surface area contributed by atoms with E-state index in [0.717, 1.165) is 11.0 Å². The molecule has 1 aliphatic rings. The summed E-state index contributed by atoms with van der Waals surface area (Å²) in [7, 11) is 0. The van der Waals surface area contributed by atoms with Crippen molar-refractivity contribution < 1.29 is 8.78 Å². The van der Waals surface area contributed by atoms with Crippen LogP contribution in [-0.2, 0) is 0 Å². The molecule has 0 unspecified atom stereocenters. The molecule has 140 valence electrons. The SMILES string of the molecule is Fc1ccccc1-c1ccnc(N2CC[C@H](F)C2)c1-c1nc2ccccc2[nH]1. The maximum absolute atomic E-state index is 14.6. The zero-order chi connectivity index (χ0) is 19.1. The fraction of sp³-hybridized carbons (Fsp3) is 0.182. The number of hydrogen-bond donors (Lipinski definition) is 1. The molecule has 1 fully saturated rings. The zero-order valence-corrected chi connectivity index (χ0v) is 15.1. The molecule has 2 aromatic carbocycles. The molecule has 1 aliphatic heterocycles. The van der Waals surface area contributed by atoms with E-state index >= 15 is 0 Å². The highest BCUT2D eigenvalue weighted by Gasteiger charge is 2.28. The third-order valence-electron chi connectivity index (χ3n) is 5.15. The number of anilines is 1. The Hall–Kier alpha value is -3.28. The number of para-hydroxylation sites is 2. The second-order valence-corrected chi connectivity index (χ2v) is 6.97. The lowest BCUT2D eigenvalue weighted by molar-refractivity contribution is 0.364. The average Bonchev–Trinajstić information content (AvgIpc) is 3.34. The summed E-state index contributed by atoms with van der Waals surface area (Å²) < 4.78 is 28.5. The largest absolute Gasteiger partial charge is 0.353 e. The zero-order valence-electron chi connectivity index (χ0n) is 15.1. The Labute approximate surface area is 160 Å². The van der Waals surface area contributed by atoms with Crippen LogP contribution in [0.3, 0.4) is 0 Å². The van der Waals surface area contributed by atoms with Gasteiger partial charge in [-0.1, -0.05) is 30.3 Å². The maximum Gasteiger partial charge on any atom is 0.142 e. The van der Waals surface area contributed by atoms with Gasteiger partial charge in [0, 0.05) is 23.9 Å². The Kier molecular flexibility index (Phi) is 4.04. The van der Waals surface area contributed by atoms with Crippen LogP contribution in [0, 0.1) is 5.82 Å². The van der Waals surface area contributed by atoms with Crippen molar-refractivity contribution >= 4 is 16.9 Å². The maximum atomic E-state index is 14.6. The summed E-state index contributed by atoms with van der Waals surface area (Å²) in [4.78, 5) is 14.5. The van der Waals surface area contributed by atoms with Crippen molar-refractivity contribution in [2.24, 2.45) is 0 Å². The van der Waals surface area contributed by atoms with Crippen molar-refractivity contribution in [3.05, 3.63) is 66.6 Å². The third kappa shape index (κ3) is 2.81. The van der Waals surface area contributed by atoms with Crippen molar-refractivity contribution in [2.75, 3.05) is 18.0 Å². The monoisotopic (exact) mass is 376 g/mol. The minimum Gasteiger partial charge on any atom is -0.353 e. The topological polar surface area (TPSA) is 44.8 Å². The molecule has 1 atom stereocenters. The molecule has 3 heterocycles. The molecule has 0 saturated carbocycles. The van der Waals surface area contributed by atoms with Gasteiger partial charge in [-0.25, -0.2) is 18.7 Å². The number of benzene rings is 2. The number of H-pyrrole nitrogens is 1. The summed E-state index contributed by atoms with van der Waals surface area (Å²) in [6.45, 7) is 0.850. The third-order valence-corrected chi connectivity index (χ3v) is 5.15. The van der Waals surface area contributed by atoms with E-state index in [9.17, 15) is 8.78 Å². The van der Waals surface area contributed by atoms with Gasteiger partial charge in [0.05, 0.1) is 23.1 Å². The number of aromatic nitrogens is 3. The number of imidazole rings is 1. The second-order valence-electron chi connectivity index (χ2n) is 6.97. The van der Waals surface area contributed by atoms with Crippen molar-refractivity contribution in [1.29, 1.82) is 0 Å². The van der Waals surface area contributed by atoms with Crippen LogP contribution < -0.4 is 4.90 Å². The molecule has 1 N–H and O–H groups in total. The summed E-state index contributed by atoms with van der Waals surface area (Å²) in [5, 5.41) is 0. The van der Waals surface area contributed by atoms with Crippen molar-refractivity contribution in [2.45, 2.75) is 12.6 Å². The number of halogens is 2. The second kappa shape index (κ2) is 6.71. The molecule has 1 saturated heterocycles. The number of alkyl halides is 1. The highest BCUT2D eigenvalue weighted by Crippen LogP contribution is 2.39. The van der Waals surface area contributed by atoms with Crippen LogP contribution in [-0.4, -0.2) is 34.2 Å². The van der Waals surface area contributed by atoms with E-state index in [2.05, 4.69) is 9.97 Å². The van der Waals surface area contributed by atoms with Crippen LogP contribution >= 0.6 is 0 Å². The van der Waals surface area contributed by atoms with Crippen LogP contribution in [0.2, 0.25) is 0 Å². The number of aromatic amines is 1. The van der Waals surface area contributed by atoms with E-state index in [1.54, 1.807) is 30.5 Å². The minimum absolute atomic E-state index is 0.279. The van der Waals surface area contributed by atoms with E-state index in [-0.39, 0.29) is 12.4 Å². The van der Waals surface area contributed by atoms with Gasteiger partial charge < -0.3 is 9.88 Å². The molecule has 4 nitrogen and oxygen atoms in total. The van der Waals surface area contributed by atoms with Crippen molar-refractivity contribution in [3.8, 4) is 22.5 Å². The molecule has 4 aromatic rings. The van der Waals surface area contributed by atoms with Gasteiger partial charge in [-0.2, -0.15) is 0 Å². The molecule has 0 bridgehead atoms. The first-order valence-electron chi connectivity index (χ1n) is 9.29. The normalized spacial score (nSPS) is 16.8. The van der Waals surface area contributed by atoms with Gasteiger partial charge in [-0.05, 0) is 30.7 Å². The molecule has 2 aromatic heterocycles. The summed E-state index contributed by atoms with van der Waals surface area (Å²) >= 11 is 0. The molecule has 0 radical (unpaired) electrons. The number of nitrogens with one attached hydrogen (secondary N) is 1. The van der Waals surface area contributed by atoms with Crippen LogP contribution in [0.25, 0.3) is 33.5 Å². The van der Waals surface area contributed by atoms with E-state index < -0.39 is 6.17 Å². The van der Waals surface area contributed by atoms with Crippen molar-refractivity contribution in [1.82, 2.24) is 15.0 Å². The Morgan fingerprint density at radius 1 is 1.00 bits per heavy atom. The molecular formula is C22H18F2N4. The van der Waals surface area contributed by atoms with Crippen molar-refractivity contribution in [3.63, 3.8) is 0 Å². The van der Waals surface area contributed by atoms with Gasteiger partial charge in [-0.15, -0.1) is 0 Å². The Morgan fingerprint density at radius 2 is 1.82 bits per heavy atom. The predicted molar refractivity (Wildman–Crippen MR) is 106 cm³/mol. The van der Waals surface area contributed by atoms with Gasteiger partial charge in [0.25, 0.3) is 0 Å². The van der Waals surface area contributed by atoms with Crippen LogP contribution in [0.1, 0.15) is 6.42 Å². The van der Waals surface area contributed by atoms with Gasteiger partial charge in [0.15, 0.2) is 0 Å². The lowest BCUT2D eigenvalue weighted by Gasteiger charge is -2.21. The minimum atomic E-state index is -0.887. The first kappa shape index (κ1) is 16.9. The molecule has 5 rings (SSSR count). The fourth-order valence-corrected chi connectivity index (χ4v) is 3.81. The van der Waals surface area contributed by atoms with Gasteiger partial charge >= 0.3 is 0 Å². The lowest BCUT2D eigenvalue weighted by atomic mass is 9.99. The van der Waals surface area contributed by atoms with E-state index in [0.29, 0.717) is 41.3 Å². The number of fused-ring (bicyclic) bond motifs is 1. The average molecular weight is 376 g/mol. The Balaban J connectivity index is 1.77. The number of hydrogen-bond acceptors (Lipinski definition) is 3. The molecular weight excluding hydrogens is 358 g/mol. The molecule has 6 heteroatoms. The van der Waals surface area contributed by atoms with Gasteiger partial charge in [0.1, 0.15) is 23.6 Å². The number of rotatable bonds is 3. The summed E-state index contributed by atoms with van der Waals surface area (Å²) in [5.74, 6) is 0.909. The first-order chi connectivity index (χ1) is 13.7. The Morgan fingerprint density at radius 3 is 2.61 bits per heavy atom.